The molecule has 0 fully saturated rings. The van der Waals surface area contributed by atoms with Crippen LogP contribution in [0.4, 0.5) is 5.69 Å². The highest BCUT2D eigenvalue weighted by atomic mass is 16.5. The summed E-state index contributed by atoms with van der Waals surface area (Å²) in [4.78, 5) is 12.2. The molecule has 1 amide bonds. The van der Waals surface area contributed by atoms with Crippen molar-refractivity contribution in [3.05, 3.63) is 59.2 Å². The number of rotatable bonds is 4. The maximum atomic E-state index is 12.2. The van der Waals surface area contributed by atoms with E-state index >= 15 is 0 Å². The molecule has 2 aromatic rings. The molecule has 0 bridgehead atoms. The molecule has 0 unspecified atom stereocenters. The van der Waals surface area contributed by atoms with Crippen LogP contribution in [0.25, 0.3) is 0 Å². The lowest BCUT2D eigenvalue weighted by molar-refractivity contribution is -0.117. The van der Waals surface area contributed by atoms with Gasteiger partial charge in [0.1, 0.15) is 5.75 Å². The Balaban J connectivity index is 1.79. The second-order valence-corrected chi connectivity index (χ2v) is 6.15. The third-order valence-electron chi connectivity index (χ3n) is 3.89. The second kappa shape index (κ2) is 5.84. The van der Waals surface area contributed by atoms with Gasteiger partial charge in [-0.2, -0.15) is 0 Å². The quantitative estimate of drug-likeness (QED) is 0.923. The van der Waals surface area contributed by atoms with Gasteiger partial charge in [0.2, 0.25) is 5.91 Å². The monoisotopic (exact) mass is 295 g/mol. The number of hydrogen-bond acceptors (Lipinski definition) is 2. The summed E-state index contributed by atoms with van der Waals surface area (Å²) < 4.78 is 5.65. The van der Waals surface area contributed by atoms with Crippen molar-refractivity contribution in [2.45, 2.75) is 39.2 Å². The van der Waals surface area contributed by atoms with E-state index in [1.807, 2.05) is 50.2 Å². The van der Waals surface area contributed by atoms with E-state index < -0.39 is 0 Å². The molecule has 22 heavy (non-hydrogen) atoms. The number of hydrogen-bond donors (Lipinski definition) is 1. The molecule has 114 valence electrons. The Hall–Kier alpha value is -2.29. The summed E-state index contributed by atoms with van der Waals surface area (Å²) >= 11 is 0. The topological polar surface area (TPSA) is 38.3 Å². The van der Waals surface area contributed by atoms with E-state index in [1.54, 1.807) is 0 Å². The first-order valence-electron chi connectivity index (χ1n) is 7.70. The van der Waals surface area contributed by atoms with Crippen molar-refractivity contribution in [3.8, 4) is 5.75 Å². The lowest BCUT2D eigenvalue weighted by atomic mass is 9.92. The number of benzene rings is 2. The third kappa shape index (κ3) is 2.98. The Morgan fingerprint density at radius 1 is 1.14 bits per heavy atom. The van der Waals surface area contributed by atoms with Gasteiger partial charge in [0, 0.05) is 5.69 Å². The zero-order chi connectivity index (χ0) is 15.7. The zero-order valence-electron chi connectivity index (χ0n) is 13.2. The van der Waals surface area contributed by atoms with Crippen LogP contribution in [0.3, 0.4) is 0 Å². The van der Waals surface area contributed by atoms with Gasteiger partial charge in [-0.05, 0) is 56.5 Å². The van der Waals surface area contributed by atoms with Crippen LogP contribution in [0.15, 0.2) is 42.5 Å². The van der Waals surface area contributed by atoms with Gasteiger partial charge in [0.15, 0.2) is 0 Å². The molecule has 0 aliphatic carbocycles. The Bertz CT molecular complexity index is 689. The zero-order valence-corrected chi connectivity index (χ0v) is 13.2. The van der Waals surface area contributed by atoms with E-state index in [4.69, 9.17) is 4.74 Å². The molecule has 3 nitrogen and oxygen atoms in total. The number of ether oxygens (including phenoxy) is 1. The molecule has 1 atom stereocenters. The number of nitrogens with one attached hydrogen (secondary N) is 1. The minimum atomic E-state index is -0.105. The molecular formula is C19H21NO2. The highest BCUT2D eigenvalue weighted by molar-refractivity contribution is 6.03. The lowest BCUT2D eigenvalue weighted by Crippen LogP contribution is -2.14. The number of anilines is 1. The largest absolute Gasteiger partial charge is 0.491 e. The number of amides is 1. The molecule has 3 heteroatoms. The van der Waals surface area contributed by atoms with Gasteiger partial charge in [-0.15, -0.1) is 0 Å². The molecule has 3 rings (SSSR count). The maximum Gasteiger partial charge on any atom is 0.232 e. The molecule has 1 aliphatic rings. The number of fused-ring (bicyclic) bond motifs is 1. The molecule has 2 aromatic carbocycles. The maximum absolute atomic E-state index is 12.2. The van der Waals surface area contributed by atoms with Crippen molar-refractivity contribution in [1.29, 1.82) is 0 Å². The van der Waals surface area contributed by atoms with E-state index in [9.17, 15) is 4.79 Å². The van der Waals surface area contributed by atoms with Crippen LogP contribution in [-0.4, -0.2) is 12.0 Å². The van der Waals surface area contributed by atoms with Crippen LogP contribution < -0.4 is 10.1 Å². The van der Waals surface area contributed by atoms with E-state index in [0.717, 1.165) is 22.6 Å². The lowest BCUT2D eigenvalue weighted by Gasteiger charge is -2.12. The average Bonchev–Trinajstić information content (AvgIpc) is 2.76. The fourth-order valence-corrected chi connectivity index (χ4v) is 2.86. The predicted molar refractivity (Wildman–Crippen MR) is 88.5 cm³/mol. The van der Waals surface area contributed by atoms with Gasteiger partial charge >= 0.3 is 0 Å². The first-order chi connectivity index (χ1) is 10.5. The standard InChI is InChI=1S/C19H21NO2/c1-12(2)22-15-7-5-14(6-8-15)11-17-16-10-13(3)4-9-18(16)20-19(17)21/h4-10,12,17H,11H2,1-3H3,(H,20,21)/t17-/m0/s1. The van der Waals surface area contributed by atoms with Crippen LogP contribution >= 0.6 is 0 Å². The van der Waals surface area contributed by atoms with E-state index in [0.29, 0.717) is 6.42 Å². The normalized spacial score (nSPS) is 16.5. The van der Waals surface area contributed by atoms with Gasteiger partial charge in [-0.1, -0.05) is 29.8 Å². The minimum absolute atomic E-state index is 0.0862. The highest BCUT2D eigenvalue weighted by Gasteiger charge is 2.30. The number of aryl methyl sites for hydroxylation is 1. The summed E-state index contributed by atoms with van der Waals surface area (Å²) in [5, 5.41) is 2.97. The fraction of sp³-hybridized carbons (Fsp3) is 0.316. The van der Waals surface area contributed by atoms with Gasteiger partial charge in [0.25, 0.3) is 0 Å². The van der Waals surface area contributed by atoms with Crippen LogP contribution in [0, 0.1) is 6.92 Å². The van der Waals surface area contributed by atoms with Crippen LogP contribution in [0.2, 0.25) is 0 Å². The minimum Gasteiger partial charge on any atom is -0.491 e. The molecule has 0 aromatic heterocycles. The second-order valence-electron chi connectivity index (χ2n) is 6.15. The molecular weight excluding hydrogens is 274 g/mol. The molecule has 0 spiro atoms. The highest BCUT2D eigenvalue weighted by Crippen LogP contribution is 2.35. The van der Waals surface area contributed by atoms with Crippen LogP contribution in [-0.2, 0) is 11.2 Å². The van der Waals surface area contributed by atoms with Crippen molar-refractivity contribution >= 4 is 11.6 Å². The Morgan fingerprint density at radius 3 is 2.55 bits per heavy atom. The van der Waals surface area contributed by atoms with Crippen molar-refractivity contribution in [3.63, 3.8) is 0 Å². The SMILES string of the molecule is Cc1ccc2c(c1)[C@H](Cc1ccc(OC(C)C)cc1)C(=O)N2. The van der Waals surface area contributed by atoms with E-state index in [1.165, 1.54) is 5.56 Å². The van der Waals surface area contributed by atoms with Gasteiger partial charge in [-0.25, -0.2) is 0 Å². The fourth-order valence-electron chi connectivity index (χ4n) is 2.86. The Morgan fingerprint density at radius 2 is 1.86 bits per heavy atom. The summed E-state index contributed by atoms with van der Waals surface area (Å²) in [6.07, 6.45) is 0.880. The van der Waals surface area contributed by atoms with E-state index in [-0.39, 0.29) is 17.9 Å². The Kier molecular flexibility index (Phi) is 3.88. The summed E-state index contributed by atoms with van der Waals surface area (Å²) in [6, 6.07) is 14.1. The average molecular weight is 295 g/mol. The molecule has 1 N–H and O–H groups in total. The summed E-state index contributed by atoms with van der Waals surface area (Å²) in [5.74, 6) is 0.848. The van der Waals surface area contributed by atoms with Crippen molar-refractivity contribution < 1.29 is 9.53 Å². The van der Waals surface area contributed by atoms with Crippen LogP contribution in [0.1, 0.15) is 36.5 Å². The van der Waals surface area contributed by atoms with Gasteiger partial charge in [0.05, 0.1) is 12.0 Å². The van der Waals surface area contributed by atoms with Gasteiger partial charge < -0.3 is 10.1 Å². The summed E-state index contributed by atoms with van der Waals surface area (Å²) in [5.41, 5.74) is 4.37. The first kappa shape index (κ1) is 14.6. The van der Waals surface area contributed by atoms with Crippen molar-refractivity contribution in [1.82, 2.24) is 0 Å². The third-order valence-corrected chi connectivity index (χ3v) is 3.89. The number of carbonyl (C=O) groups excluding carboxylic acids is 1. The number of carbonyl (C=O) groups is 1. The summed E-state index contributed by atoms with van der Waals surface area (Å²) in [6.45, 7) is 6.07. The molecule has 1 aliphatic heterocycles. The summed E-state index contributed by atoms with van der Waals surface area (Å²) in [7, 11) is 0. The van der Waals surface area contributed by atoms with Crippen LogP contribution in [0.5, 0.6) is 5.75 Å². The van der Waals surface area contributed by atoms with Gasteiger partial charge in [-0.3, -0.25) is 4.79 Å². The first-order valence-corrected chi connectivity index (χ1v) is 7.70. The molecule has 0 saturated heterocycles. The van der Waals surface area contributed by atoms with Crippen molar-refractivity contribution in [2.75, 3.05) is 5.32 Å². The predicted octanol–water partition coefficient (Wildman–Crippen LogP) is 4.06. The smallest absolute Gasteiger partial charge is 0.232 e. The molecule has 0 saturated carbocycles. The van der Waals surface area contributed by atoms with E-state index in [2.05, 4.69) is 18.3 Å². The van der Waals surface area contributed by atoms with Crippen molar-refractivity contribution in [2.24, 2.45) is 0 Å². The molecule has 0 radical (unpaired) electrons. The Labute approximate surface area is 131 Å². The molecule has 1 heterocycles.